The van der Waals surface area contributed by atoms with Crippen LogP contribution in [0.4, 0.5) is 15.5 Å². The van der Waals surface area contributed by atoms with Crippen LogP contribution in [0.3, 0.4) is 0 Å². The van der Waals surface area contributed by atoms with E-state index in [4.69, 9.17) is 14.2 Å². The van der Waals surface area contributed by atoms with E-state index in [9.17, 15) is 29.1 Å². The van der Waals surface area contributed by atoms with Crippen molar-refractivity contribution >= 4 is 69.6 Å². The summed E-state index contributed by atoms with van der Waals surface area (Å²) in [5.41, 5.74) is 2.02. The number of anilines is 2. The number of methoxy groups -OCH3 is 2. The van der Waals surface area contributed by atoms with E-state index in [2.05, 4.69) is 16.0 Å². The van der Waals surface area contributed by atoms with Gasteiger partial charge in [-0.25, -0.2) is 9.59 Å². The minimum absolute atomic E-state index is 0.0369. The first-order valence-corrected chi connectivity index (χ1v) is 20.5. The Hall–Kier alpha value is -6.58. The molecular formula is C45H44N4O9S2. The Balaban J connectivity index is 1.26. The second-order valence-corrected chi connectivity index (χ2v) is 16.8. The summed E-state index contributed by atoms with van der Waals surface area (Å²) in [5, 5.41) is 18.0. The minimum atomic E-state index is -0.817. The number of esters is 1. The van der Waals surface area contributed by atoms with Crippen LogP contribution in [-0.4, -0.2) is 66.2 Å². The number of phenolic OH excluding ortho intramolecular Hbond substituents is 1. The molecule has 1 aliphatic rings. The highest BCUT2D eigenvalue weighted by atomic mass is 32.2. The Kier molecular flexibility index (Phi) is 13.6. The Morgan fingerprint density at radius 2 is 1.60 bits per heavy atom. The second-order valence-electron chi connectivity index (χ2n) is 14.5. The molecule has 4 aromatic carbocycles. The maximum absolute atomic E-state index is 14.3. The van der Waals surface area contributed by atoms with Gasteiger partial charge in [0.25, 0.3) is 11.8 Å². The predicted octanol–water partition coefficient (Wildman–Crippen LogP) is 8.42. The lowest BCUT2D eigenvalue weighted by Gasteiger charge is -2.30. The molecule has 0 saturated carbocycles. The largest absolute Gasteiger partial charge is 0.508 e. The molecule has 5 aromatic rings. The molecule has 2 heterocycles. The van der Waals surface area contributed by atoms with Crippen molar-refractivity contribution in [2.75, 3.05) is 31.4 Å². The molecule has 0 saturated heterocycles. The zero-order chi connectivity index (χ0) is 43.0. The molecule has 310 valence electrons. The van der Waals surface area contributed by atoms with Gasteiger partial charge in [-0.3, -0.25) is 14.4 Å². The Morgan fingerprint density at radius 3 is 2.28 bits per heavy atom. The fraction of sp³-hybridized carbons (Fsp3) is 0.222. The summed E-state index contributed by atoms with van der Waals surface area (Å²) in [4.78, 5) is 70.5. The van der Waals surface area contributed by atoms with E-state index in [0.717, 1.165) is 4.88 Å². The number of aromatic hydroxyl groups is 1. The monoisotopic (exact) mass is 848 g/mol. The summed E-state index contributed by atoms with van der Waals surface area (Å²) in [6.07, 6.45) is 1.35. The molecule has 13 nitrogen and oxygen atoms in total. The van der Waals surface area contributed by atoms with Gasteiger partial charge >= 0.3 is 12.1 Å². The van der Waals surface area contributed by atoms with Gasteiger partial charge in [-0.1, -0.05) is 54.6 Å². The SMILES string of the molecule is COC(=O)c1c(NC(=O)C(Sc2cccc(NC(=O)/C(=C\c3ccc(O)cc3OC)NC(=O)c3ccccc3)c2)c2ccccc2)sc2c1CCN(C(=O)OC(C)(C)C)C2. The number of ether oxygens (including phenoxy) is 3. The average molecular weight is 849 g/mol. The van der Waals surface area contributed by atoms with Crippen molar-refractivity contribution in [2.45, 2.75) is 49.5 Å². The number of thiophene rings is 1. The first-order chi connectivity index (χ1) is 28.7. The number of fused-ring (bicyclic) bond motifs is 1. The molecule has 0 spiro atoms. The van der Waals surface area contributed by atoms with Crippen molar-refractivity contribution in [3.05, 3.63) is 142 Å². The second kappa shape index (κ2) is 19.0. The number of nitrogens with one attached hydrogen (secondary N) is 3. The molecule has 60 heavy (non-hydrogen) atoms. The lowest BCUT2D eigenvalue weighted by atomic mass is 10.0. The quantitative estimate of drug-likeness (QED) is 0.0543. The van der Waals surface area contributed by atoms with Gasteiger partial charge in [-0.05, 0) is 86.9 Å². The number of rotatable bonds is 12. The van der Waals surface area contributed by atoms with Crippen LogP contribution in [0.1, 0.15) is 68.3 Å². The maximum Gasteiger partial charge on any atom is 0.410 e. The zero-order valence-electron chi connectivity index (χ0n) is 33.6. The third-order valence-corrected chi connectivity index (χ3v) is 11.4. The fourth-order valence-corrected chi connectivity index (χ4v) is 8.61. The normalized spacial score (nSPS) is 13.0. The number of hydrogen-bond donors (Lipinski definition) is 4. The molecule has 6 rings (SSSR count). The van der Waals surface area contributed by atoms with E-state index >= 15 is 0 Å². The summed E-state index contributed by atoms with van der Waals surface area (Å²) >= 11 is 2.45. The van der Waals surface area contributed by atoms with Crippen LogP contribution in [0, 0.1) is 0 Å². The smallest absolute Gasteiger partial charge is 0.410 e. The van der Waals surface area contributed by atoms with Crippen molar-refractivity contribution in [3.63, 3.8) is 0 Å². The Labute approximate surface area is 355 Å². The van der Waals surface area contributed by atoms with Crippen LogP contribution in [0.5, 0.6) is 11.5 Å². The van der Waals surface area contributed by atoms with Gasteiger partial charge in [0.15, 0.2) is 0 Å². The third kappa shape index (κ3) is 10.7. The summed E-state index contributed by atoms with van der Waals surface area (Å²) in [6, 6.07) is 28.9. The van der Waals surface area contributed by atoms with Crippen LogP contribution < -0.4 is 20.7 Å². The molecule has 4 N–H and O–H groups in total. The summed E-state index contributed by atoms with van der Waals surface area (Å²) < 4.78 is 16.1. The highest BCUT2D eigenvalue weighted by Gasteiger charge is 2.34. The molecule has 0 radical (unpaired) electrons. The van der Waals surface area contributed by atoms with Gasteiger partial charge in [0.1, 0.15) is 33.0 Å². The number of hydrogen-bond acceptors (Lipinski definition) is 11. The molecule has 15 heteroatoms. The van der Waals surface area contributed by atoms with Crippen molar-refractivity contribution in [3.8, 4) is 11.5 Å². The molecule has 0 fully saturated rings. The van der Waals surface area contributed by atoms with E-state index in [1.165, 1.54) is 55.5 Å². The lowest BCUT2D eigenvalue weighted by molar-refractivity contribution is -0.116. The topological polar surface area (TPSA) is 173 Å². The van der Waals surface area contributed by atoms with Crippen molar-refractivity contribution in [1.29, 1.82) is 0 Å². The molecular weight excluding hydrogens is 805 g/mol. The van der Waals surface area contributed by atoms with Crippen LogP contribution in [0.15, 0.2) is 114 Å². The molecule has 1 aromatic heterocycles. The molecule has 0 bridgehead atoms. The average Bonchev–Trinajstić information content (AvgIpc) is 3.59. The molecule has 1 aliphatic heterocycles. The highest BCUT2D eigenvalue weighted by molar-refractivity contribution is 8.00. The van der Waals surface area contributed by atoms with Gasteiger partial charge < -0.3 is 40.2 Å². The van der Waals surface area contributed by atoms with E-state index in [0.29, 0.717) is 50.8 Å². The number of nitrogens with zero attached hydrogens (tertiary/aromatic N) is 1. The standard InChI is InChI=1S/C45H44N4O9S2/c1-45(2,3)58-44(55)49-22-21-33-36(26-49)60-42(37(33)43(54)57-5)48-41(53)38(27-13-8-6-9-14-27)59-32-18-12-17-30(24-32)46-40(52)34(47-39(51)28-15-10-7-11-16-28)23-29-19-20-31(50)25-35(29)56-4/h6-20,23-25,38,50H,21-22,26H2,1-5H3,(H,46,52)(H,47,51)(H,48,53)/b34-23+. The van der Waals surface area contributed by atoms with Crippen LogP contribution in [0.25, 0.3) is 6.08 Å². The van der Waals surface area contributed by atoms with Gasteiger partial charge in [-0.15, -0.1) is 23.1 Å². The number of phenols is 1. The summed E-state index contributed by atoms with van der Waals surface area (Å²) in [7, 11) is 2.70. The molecule has 4 amide bonds. The number of thioether (sulfide) groups is 1. The highest BCUT2D eigenvalue weighted by Crippen LogP contribution is 2.41. The lowest BCUT2D eigenvalue weighted by Crippen LogP contribution is -2.39. The summed E-state index contributed by atoms with van der Waals surface area (Å²) in [6.45, 7) is 5.92. The van der Waals surface area contributed by atoms with E-state index < -0.39 is 40.6 Å². The van der Waals surface area contributed by atoms with Gasteiger partial charge in [0, 0.05) is 39.2 Å². The Morgan fingerprint density at radius 1 is 0.883 bits per heavy atom. The zero-order valence-corrected chi connectivity index (χ0v) is 35.2. The number of carbonyl (C=O) groups is 5. The van der Waals surface area contributed by atoms with Crippen LogP contribution in [-0.2, 0) is 32.0 Å². The number of amides is 4. The van der Waals surface area contributed by atoms with Gasteiger partial charge in [0.05, 0.1) is 26.3 Å². The predicted molar refractivity (Wildman–Crippen MR) is 231 cm³/mol. The minimum Gasteiger partial charge on any atom is -0.508 e. The number of carbonyl (C=O) groups excluding carboxylic acids is 5. The van der Waals surface area contributed by atoms with Gasteiger partial charge in [0.2, 0.25) is 5.91 Å². The number of benzene rings is 4. The van der Waals surface area contributed by atoms with Crippen LogP contribution >= 0.6 is 23.1 Å². The first kappa shape index (κ1) is 43.0. The van der Waals surface area contributed by atoms with E-state index in [1.807, 2.05) is 30.3 Å². The van der Waals surface area contributed by atoms with Crippen molar-refractivity contribution in [2.24, 2.45) is 0 Å². The van der Waals surface area contributed by atoms with Crippen molar-refractivity contribution in [1.82, 2.24) is 10.2 Å². The maximum atomic E-state index is 14.3. The first-order valence-electron chi connectivity index (χ1n) is 18.8. The Bertz CT molecular complexity index is 2430. The van der Waals surface area contributed by atoms with Crippen LogP contribution in [0.2, 0.25) is 0 Å². The fourth-order valence-electron chi connectivity index (χ4n) is 6.27. The third-order valence-electron chi connectivity index (χ3n) is 9.07. The van der Waals surface area contributed by atoms with Crippen molar-refractivity contribution < 1.29 is 43.3 Å². The molecule has 0 aliphatic carbocycles. The van der Waals surface area contributed by atoms with E-state index in [-0.39, 0.29) is 29.3 Å². The van der Waals surface area contributed by atoms with E-state index in [1.54, 1.807) is 86.3 Å². The molecule has 1 atom stereocenters. The summed E-state index contributed by atoms with van der Waals surface area (Å²) in [5.74, 6) is -1.93. The molecule has 1 unspecified atom stereocenters. The van der Waals surface area contributed by atoms with Gasteiger partial charge in [-0.2, -0.15) is 0 Å².